The van der Waals surface area contributed by atoms with Crippen LogP contribution in [0.2, 0.25) is 0 Å². The first-order chi connectivity index (χ1) is 6.75. The highest BCUT2D eigenvalue weighted by Crippen LogP contribution is 2.17. The van der Waals surface area contributed by atoms with Crippen molar-refractivity contribution in [3.63, 3.8) is 0 Å². The third-order valence-electron chi connectivity index (χ3n) is 2.57. The van der Waals surface area contributed by atoms with Gasteiger partial charge in [-0.3, -0.25) is 9.69 Å². The molecular weight excluding hydrogens is 198 g/mol. The van der Waals surface area contributed by atoms with E-state index in [2.05, 4.69) is 11.8 Å². The number of thioether (sulfide) groups is 1. The second-order valence-electron chi connectivity index (χ2n) is 3.67. The van der Waals surface area contributed by atoms with Crippen molar-refractivity contribution in [1.82, 2.24) is 4.90 Å². The first-order valence-corrected chi connectivity index (χ1v) is 6.45. The van der Waals surface area contributed by atoms with E-state index in [1.807, 2.05) is 0 Å². The normalized spacial score (nSPS) is 23.6. The Balaban J connectivity index is 2.34. The van der Waals surface area contributed by atoms with Crippen LogP contribution in [-0.2, 0) is 4.79 Å². The number of unbranched alkanes of at least 4 members (excludes halogenated alkanes) is 2. The lowest BCUT2D eigenvalue weighted by molar-refractivity contribution is -0.142. The molecule has 1 atom stereocenters. The van der Waals surface area contributed by atoms with Crippen LogP contribution in [0.15, 0.2) is 0 Å². The van der Waals surface area contributed by atoms with Crippen molar-refractivity contribution < 1.29 is 9.90 Å². The van der Waals surface area contributed by atoms with Crippen LogP contribution in [0.3, 0.4) is 0 Å². The summed E-state index contributed by atoms with van der Waals surface area (Å²) in [5, 5.41) is 9.01. The predicted molar refractivity (Wildman–Crippen MR) is 59.8 cm³/mol. The van der Waals surface area contributed by atoms with Crippen molar-refractivity contribution in [2.75, 3.05) is 24.6 Å². The van der Waals surface area contributed by atoms with E-state index in [9.17, 15) is 4.79 Å². The second kappa shape index (κ2) is 6.30. The summed E-state index contributed by atoms with van der Waals surface area (Å²) < 4.78 is 0. The molecule has 0 spiro atoms. The van der Waals surface area contributed by atoms with Gasteiger partial charge < -0.3 is 5.11 Å². The fourth-order valence-electron chi connectivity index (χ4n) is 1.70. The second-order valence-corrected chi connectivity index (χ2v) is 4.82. The topological polar surface area (TPSA) is 40.5 Å². The summed E-state index contributed by atoms with van der Waals surface area (Å²) in [5.41, 5.74) is 0. The zero-order chi connectivity index (χ0) is 10.4. The van der Waals surface area contributed by atoms with Crippen LogP contribution in [-0.4, -0.2) is 46.6 Å². The third-order valence-corrected chi connectivity index (χ3v) is 3.60. The standard InChI is InChI=1S/C10H19NO2S/c1-2-3-4-5-11-6-7-14-8-9(11)10(12)13/h9H,2-8H2,1H3,(H,12,13). The molecule has 1 N–H and O–H groups in total. The number of carboxylic acids is 1. The first-order valence-electron chi connectivity index (χ1n) is 5.30. The molecule has 0 aromatic carbocycles. The molecule has 3 nitrogen and oxygen atoms in total. The summed E-state index contributed by atoms with van der Waals surface area (Å²) >= 11 is 1.75. The van der Waals surface area contributed by atoms with E-state index < -0.39 is 5.97 Å². The summed E-state index contributed by atoms with van der Waals surface area (Å²) in [5.74, 6) is 1.17. The minimum Gasteiger partial charge on any atom is -0.480 e. The van der Waals surface area contributed by atoms with E-state index in [1.54, 1.807) is 11.8 Å². The molecule has 4 heteroatoms. The maximum absolute atomic E-state index is 10.9. The van der Waals surface area contributed by atoms with Gasteiger partial charge in [-0.2, -0.15) is 11.8 Å². The van der Waals surface area contributed by atoms with E-state index in [-0.39, 0.29) is 6.04 Å². The largest absolute Gasteiger partial charge is 0.480 e. The highest BCUT2D eigenvalue weighted by molar-refractivity contribution is 7.99. The summed E-state index contributed by atoms with van der Waals surface area (Å²) in [6, 6.07) is -0.245. The lowest BCUT2D eigenvalue weighted by atomic mass is 10.2. The minimum absolute atomic E-state index is 0.245. The Morgan fingerprint density at radius 2 is 2.36 bits per heavy atom. The molecule has 0 aromatic heterocycles. The molecule has 0 aliphatic carbocycles. The summed E-state index contributed by atoms with van der Waals surface area (Å²) in [4.78, 5) is 13.1. The lowest BCUT2D eigenvalue weighted by Crippen LogP contribution is -2.47. The van der Waals surface area contributed by atoms with E-state index in [0.717, 1.165) is 31.0 Å². The Kier molecular flexibility index (Phi) is 5.33. The first kappa shape index (κ1) is 11.9. The van der Waals surface area contributed by atoms with Crippen LogP contribution in [0.25, 0.3) is 0 Å². The molecule has 1 saturated heterocycles. The Labute approximate surface area is 89.9 Å². The van der Waals surface area contributed by atoms with Gasteiger partial charge in [-0.1, -0.05) is 19.8 Å². The Hall–Kier alpha value is -0.220. The van der Waals surface area contributed by atoms with Crippen LogP contribution in [0.5, 0.6) is 0 Å². The summed E-state index contributed by atoms with van der Waals surface area (Å²) in [6.45, 7) is 4.05. The number of carboxylic acid groups (broad SMARTS) is 1. The molecule has 1 unspecified atom stereocenters. The van der Waals surface area contributed by atoms with Crippen molar-refractivity contribution in [1.29, 1.82) is 0 Å². The van der Waals surface area contributed by atoms with Crippen LogP contribution in [0.1, 0.15) is 26.2 Å². The molecule has 0 radical (unpaired) electrons. The molecule has 0 aromatic rings. The molecule has 14 heavy (non-hydrogen) atoms. The summed E-state index contributed by atoms with van der Waals surface area (Å²) in [7, 11) is 0. The number of aliphatic carboxylic acids is 1. The zero-order valence-electron chi connectivity index (χ0n) is 8.74. The highest BCUT2D eigenvalue weighted by Gasteiger charge is 2.27. The smallest absolute Gasteiger partial charge is 0.321 e. The molecule has 0 amide bonds. The SMILES string of the molecule is CCCCCN1CCSCC1C(=O)O. The van der Waals surface area contributed by atoms with Gasteiger partial charge in [0.2, 0.25) is 0 Å². The number of hydrogen-bond acceptors (Lipinski definition) is 3. The van der Waals surface area contributed by atoms with Crippen molar-refractivity contribution in [2.24, 2.45) is 0 Å². The monoisotopic (exact) mass is 217 g/mol. The van der Waals surface area contributed by atoms with Crippen LogP contribution >= 0.6 is 11.8 Å². The van der Waals surface area contributed by atoms with Gasteiger partial charge in [-0.15, -0.1) is 0 Å². The van der Waals surface area contributed by atoms with Crippen molar-refractivity contribution in [2.45, 2.75) is 32.2 Å². The number of nitrogens with zero attached hydrogens (tertiary/aromatic N) is 1. The quantitative estimate of drug-likeness (QED) is 0.711. The zero-order valence-corrected chi connectivity index (χ0v) is 9.55. The number of carbonyl (C=O) groups is 1. The van der Waals surface area contributed by atoms with E-state index in [4.69, 9.17) is 5.11 Å². The van der Waals surface area contributed by atoms with Crippen LogP contribution < -0.4 is 0 Å². The van der Waals surface area contributed by atoms with E-state index in [0.29, 0.717) is 0 Å². The molecule has 1 fully saturated rings. The van der Waals surface area contributed by atoms with Gasteiger partial charge in [0.25, 0.3) is 0 Å². The molecule has 0 bridgehead atoms. The van der Waals surface area contributed by atoms with Crippen molar-refractivity contribution >= 4 is 17.7 Å². The van der Waals surface area contributed by atoms with Gasteiger partial charge in [0.1, 0.15) is 6.04 Å². The van der Waals surface area contributed by atoms with Crippen molar-refractivity contribution in [3.8, 4) is 0 Å². The Bertz CT molecular complexity index is 187. The van der Waals surface area contributed by atoms with Gasteiger partial charge in [-0.25, -0.2) is 0 Å². The van der Waals surface area contributed by atoms with Gasteiger partial charge >= 0.3 is 5.97 Å². The number of hydrogen-bond donors (Lipinski definition) is 1. The van der Waals surface area contributed by atoms with E-state index >= 15 is 0 Å². The molecular formula is C10H19NO2S. The van der Waals surface area contributed by atoms with Crippen LogP contribution in [0, 0.1) is 0 Å². The Morgan fingerprint density at radius 1 is 1.57 bits per heavy atom. The van der Waals surface area contributed by atoms with E-state index in [1.165, 1.54) is 12.8 Å². The molecule has 0 saturated carbocycles. The van der Waals surface area contributed by atoms with Crippen LogP contribution in [0.4, 0.5) is 0 Å². The van der Waals surface area contributed by atoms with Gasteiger partial charge in [0.15, 0.2) is 0 Å². The van der Waals surface area contributed by atoms with Gasteiger partial charge in [-0.05, 0) is 13.0 Å². The summed E-state index contributed by atoms with van der Waals surface area (Å²) in [6.07, 6.45) is 3.53. The van der Waals surface area contributed by atoms with Crippen molar-refractivity contribution in [3.05, 3.63) is 0 Å². The maximum atomic E-state index is 10.9. The van der Waals surface area contributed by atoms with Gasteiger partial charge in [0, 0.05) is 18.1 Å². The fraction of sp³-hybridized carbons (Fsp3) is 0.900. The van der Waals surface area contributed by atoms with Gasteiger partial charge in [0.05, 0.1) is 0 Å². The molecule has 1 rings (SSSR count). The number of rotatable bonds is 5. The lowest BCUT2D eigenvalue weighted by Gasteiger charge is -2.32. The molecule has 82 valence electrons. The fourth-order valence-corrected chi connectivity index (χ4v) is 2.80. The average Bonchev–Trinajstić information content (AvgIpc) is 2.19. The molecule has 1 aliphatic rings. The predicted octanol–water partition coefficient (Wildman–Crippen LogP) is 1.68. The highest BCUT2D eigenvalue weighted by atomic mass is 32.2. The average molecular weight is 217 g/mol. The maximum Gasteiger partial charge on any atom is 0.321 e. The molecule has 1 aliphatic heterocycles. The molecule has 1 heterocycles. The minimum atomic E-state index is -0.659. The Morgan fingerprint density at radius 3 is 3.00 bits per heavy atom. The third kappa shape index (κ3) is 3.50.